The number of primary amides is 1. The summed E-state index contributed by atoms with van der Waals surface area (Å²) in [5.41, 5.74) is 5.51. The van der Waals surface area contributed by atoms with Crippen molar-refractivity contribution in [3.63, 3.8) is 0 Å². The fraction of sp³-hybridized carbons (Fsp3) is 0.625. The zero-order valence-corrected chi connectivity index (χ0v) is 12.5. The van der Waals surface area contributed by atoms with E-state index < -0.39 is 5.91 Å². The van der Waals surface area contributed by atoms with E-state index >= 15 is 0 Å². The van der Waals surface area contributed by atoms with E-state index in [9.17, 15) is 14.7 Å². The van der Waals surface area contributed by atoms with Gasteiger partial charge in [-0.05, 0) is 25.7 Å². The van der Waals surface area contributed by atoms with Crippen LogP contribution < -0.4 is 5.73 Å². The van der Waals surface area contributed by atoms with Gasteiger partial charge in [0.05, 0.1) is 11.7 Å². The van der Waals surface area contributed by atoms with E-state index in [-0.39, 0.29) is 29.7 Å². The number of hydrogen-bond donors (Lipinski definition) is 2. The van der Waals surface area contributed by atoms with Crippen molar-refractivity contribution in [1.29, 1.82) is 0 Å². The molecular formula is C16H22N2O4. The van der Waals surface area contributed by atoms with Gasteiger partial charge >= 0.3 is 0 Å². The minimum atomic E-state index is -0.681. The summed E-state index contributed by atoms with van der Waals surface area (Å²) in [6.07, 6.45) is 6.79. The van der Waals surface area contributed by atoms with Gasteiger partial charge in [-0.2, -0.15) is 0 Å². The molecule has 1 aliphatic carbocycles. The number of carbonyl (C=O) groups excluding carboxylic acids is 2. The number of furan rings is 1. The van der Waals surface area contributed by atoms with Crippen LogP contribution in [0.5, 0.6) is 0 Å². The molecular weight excluding hydrogens is 284 g/mol. The van der Waals surface area contributed by atoms with E-state index in [1.165, 1.54) is 12.3 Å². The standard InChI is InChI=1S/C16H22N2O4/c17-15(20)14-8-10(9-22-14)16(21)18-7-3-5-12(18)11-4-1-2-6-13(11)19/h8-9,11-13,19H,1-7H2,(H2,17,20)/t11-,12+,13+/m0/s1. The summed E-state index contributed by atoms with van der Waals surface area (Å²) >= 11 is 0. The lowest BCUT2D eigenvalue weighted by molar-refractivity contribution is 0.0211. The molecule has 2 amide bonds. The third-order valence-corrected chi connectivity index (χ3v) is 4.93. The van der Waals surface area contributed by atoms with Crippen LogP contribution in [0.3, 0.4) is 0 Å². The lowest BCUT2D eigenvalue weighted by Gasteiger charge is -2.37. The quantitative estimate of drug-likeness (QED) is 0.885. The average Bonchev–Trinajstić information content (AvgIpc) is 3.16. The van der Waals surface area contributed by atoms with E-state index in [1.807, 2.05) is 4.90 Å². The summed E-state index contributed by atoms with van der Waals surface area (Å²) in [6.45, 7) is 0.684. The van der Waals surface area contributed by atoms with Crippen LogP contribution in [0.25, 0.3) is 0 Å². The zero-order chi connectivity index (χ0) is 15.7. The molecule has 1 aromatic heterocycles. The molecule has 6 heteroatoms. The van der Waals surface area contributed by atoms with Gasteiger partial charge in [-0.15, -0.1) is 0 Å². The van der Waals surface area contributed by atoms with Gasteiger partial charge in [-0.3, -0.25) is 9.59 Å². The molecule has 2 aliphatic rings. The van der Waals surface area contributed by atoms with Crippen molar-refractivity contribution in [2.24, 2.45) is 11.7 Å². The first-order valence-corrected chi connectivity index (χ1v) is 7.95. The largest absolute Gasteiger partial charge is 0.458 e. The maximum absolute atomic E-state index is 12.7. The molecule has 3 rings (SSSR count). The van der Waals surface area contributed by atoms with Crippen LogP contribution in [0.1, 0.15) is 59.4 Å². The molecule has 0 spiro atoms. The Bertz CT molecular complexity index is 568. The average molecular weight is 306 g/mol. The Morgan fingerprint density at radius 1 is 1.23 bits per heavy atom. The summed E-state index contributed by atoms with van der Waals surface area (Å²) in [7, 11) is 0. The topological polar surface area (TPSA) is 96.8 Å². The second-order valence-electron chi connectivity index (χ2n) is 6.29. The molecule has 2 heterocycles. The van der Waals surface area contributed by atoms with Gasteiger partial charge in [-0.25, -0.2) is 0 Å². The molecule has 1 aromatic rings. The van der Waals surface area contributed by atoms with Crippen molar-refractivity contribution in [2.45, 2.75) is 50.7 Å². The number of likely N-dealkylation sites (tertiary alicyclic amines) is 1. The van der Waals surface area contributed by atoms with Crippen LogP contribution in [0.2, 0.25) is 0 Å². The Kier molecular flexibility index (Phi) is 4.20. The molecule has 2 fully saturated rings. The molecule has 6 nitrogen and oxygen atoms in total. The Hall–Kier alpha value is -1.82. The Labute approximate surface area is 129 Å². The molecule has 0 radical (unpaired) electrons. The van der Waals surface area contributed by atoms with Gasteiger partial charge in [0.15, 0.2) is 5.76 Å². The Morgan fingerprint density at radius 3 is 2.68 bits per heavy atom. The first-order valence-electron chi connectivity index (χ1n) is 7.95. The van der Waals surface area contributed by atoms with Gasteiger partial charge in [0.2, 0.25) is 0 Å². The van der Waals surface area contributed by atoms with Crippen LogP contribution in [0.15, 0.2) is 16.7 Å². The van der Waals surface area contributed by atoms with E-state index in [4.69, 9.17) is 10.2 Å². The van der Waals surface area contributed by atoms with E-state index in [0.29, 0.717) is 12.1 Å². The monoisotopic (exact) mass is 306 g/mol. The Balaban J connectivity index is 1.76. The van der Waals surface area contributed by atoms with Crippen molar-refractivity contribution in [3.05, 3.63) is 23.7 Å². The number of carbonyl (C=O) groups is 2. The maximum Gasteiger partial charge on any atom is 0.284 e. The predicted molar refractivity (Wildman–Crippen MR) is 79.2 cm³/mol. The molecule has 0 bridgehead atoms. The highest BCUT2D eigenvalue weighted by molar-refractivity contribution is 5.98. The summed E-state index contributed by atoms with van der Waals surface area (Å²) in [6, 6.07) is 1.48. The molecule has 120 valence electrons. The number of aliphatic hydroxyl groups excluding tert-OH is 1. The fourth-order valence-electron chi connectivity index (χ4n) is 3.82. The van der Waals surface area contributed by atoms with E-state index in [0.717, 1.165) is 38.5 Å². The van der Waals surface area contributed by atoms with Crippen LogP contribution in [0, 0.1) is 5.92 Å². The third-order valence-electron chi connectivity index (χ3n) is 4.93. The second kappa shape index (κ2) is 6.12. The van der Waals surface area contributed by atoms with E-state index in [2.05, 4.69) is 0 Å². The summed E-state index contributed by atoms with van der Waals surface area (Å²) in [4.78, 5) is 25.6. The summed E-state index contributed by atoms with van der Waals surface area (Å²) in [5, 5.41) is 10.3. The minimum absolute atomic E-state index is 0.00296. The van der Waals surface area contributed by atoms with Gasteiger partial charge < -0.3 is 20.2 Å². The third kappa shape index (κ3) is 2.75. The van der Waals surface area contributed by atoms with E-state index in [1.54, 1.807) is 0 Å². The highest BCUT2D eigenvalue weighted by Gasteiger charge is 2.39. The highest BCUT2D eigenvalue weighted by Crippen LogP contribution is 2.35. The lowest BCUT2D eigenvalue weighted by atomic mass is 9.80. The van der Waals surface area contributed by atoms with Gasteiger partial charge in [-0.1, -0.05) is 12.8 Å². The summed E-state index contributed by atoms with van der Waals surface area (Å²) in [5.74, 6) is -0.671. The van der Waals surface area contributed by atoms with Crippen LogP contribution in [0.4, 0.5) is 0 Å². The fourth-order valence-corrected chi connectivity index (χ4v) is 3.82. The molecule has 22 heavy (non-hydrogen) atoms. The van der Waals surface area contributed by atoms with Crippen molar-refractivity contribution in [3.8, 4) is 0 Å². The number of rotatable bonds is 3. The maximum atomic E-state index is 12.7. The smallest absolute Gasteiger partial charge is 0.284 e. The molecule has 1 saturated heterocycles. The summed E-state index contributed by atoms with van der Waals surface area (Å²) < 4.78 is 5.04. The van der Waals surface area contributed by atoms with Crippen molar-refractivity contribution in [2.75, 3.05) is 6.54 Å². The lowest BCUT2D eigenvalue weighted by Crippen LogP contribution is -2.45. The number of aliphatic hydroxyl groups is 1. The number of nitrogens with zero attached hydrogens (tertiary/aromatic N) is 1. The first kappa shape index (κ1) is 15.1. The number of amides is 2. The van der Waals surface area contributed by atoms with Gasteiger partial charge in [0.1, 0.15) is 6.26 Å². The van der Waals surface area contributed by atoms with Crippen molar-refractivity contribution in [1.82, 2.24) is 4.90 Å². The Morgan fingerprint density at radius 2 is 2.00 bits per heavy atom. The molecule has 3 N–H and O–H groups in total. The normalized spacial score (nSPS) is 28.8. The van der Waals surface area contributed by atoms with Crippen molar-refractivity contribution >= 4 is 11.8 Å². The SMILES string of the molecule is NC(=O)c1cc(C(=O)N2CCC[C@@H]2[C@@H]2CCCC[C@H]2O)co1. The second-order valence-corrected chi connectivity index (χ2v) is 6.29. The number of nitrogens with two attached hydrogens (primary N) is 1. The van der Waals surface area contributed by atoms with Crippen LogP contribution in [-0.2, 0) is 0 Å². The number of hydrogen-bond acceptors (Lipinski definition) is 4. The highest BCUT2D eigenvalue weighted by atomic mass is 16.3. The first-order chi connectivity index (χ1) is 10.6. The van der Waals surface area contributed by atoms with Crippen LogP contribution in [-0.4, -0.2) is 40.5 Å². The van der Waals surface area contributed by atoms with Gasteiger partial charge in [0, 0.05) is 24.6 Å². The van der Waals surface area contributed by atoms with Crippen LogP contribution >= 0.6 is 0 Å². The molecule has 0 aromatic carbocycles. The van der Waals surface area contributed by atoms with Crippen molar-refractivity contribution < 1.29 is 19.1 Å². The predicted octanol–water partition coefficient (Wildman–Crippen LogP) is 1.53. The molecule has 0 unspecified atom stereocenters. The molecule has 1 aliphatic heterocycles. The zero-order valence-electron chi connectivity index (χ0n) is 12.5. The molecule has 3 atom stereocenters. The van der Waals surface area contributed by atoms with Gasteiger partial charge in [0.25, 0.3) is 11.8 Å². The minimum Gasteiger partial charge on any atom is -0.458 e. The molecule has 1 saturated carbocycles.